The fraction of sp³-hybridized carbons (Fsp3) is 0.294. The summed E-state index contributed by atoms with van der Waals surface area (Å²) in [5.74, 6) is 1.56. The smallest absolute Gasteiger partial charge is 0.326 e. The van der Waals surface area contributed by atoms with Gasteiger partial charge in [0.15, 0.2) is 11.5 Å². The topological polar surface area (TPSA) is 119 Å². The van der Waals surface area contributed by atoms with Crippen LogP contribution in [-0.2, 0) is 24.6 Å². The molecule has 4 aromatic rings. The summed E-state index contributed by atoms with van der Waals surface area (Å²) in [5, 5.41) is 22.2. The minimum Gasteiger partial charge on any atom is -0.488 e. The largest absolute Gasteiger partial charge is 0.488 e. The minimum absolute atomic E-state index is 0.170. The Balaban J connectivity index is 1.38. The fourth-order valence-electron chi connectivity index (χ4n) is 4.81. The van der Waals surface area contributed by atoms with Gasteiger partial charge in [-0.2, -0.15) is 0 Å². The van der Waals surface area contributed by atoms with E-state index in [0.717, 1.165) is 50.4 Å². The maximum Gasteiger partial charge on any atom is 0.326 e. The number of carbonyl (C=O) groups is 1. The molecular weight excluding hydrogens is 548 g/mol. The third-order valence-corrected chi connectivity index (χ3v) is 7.61. The van der Waals surface area contributed by atoms with Gasteiger partial charge in [-0.15, -0.1) is 0 Å². The number of pyridine rings is 1. The van der Waals surface area contributed by atoms with E-state index in [2.05, 4.69) is 23.3 Å². The van der Waals surface area contributed by atoms with Gasteiger partial charge in [-0.25, -0.2) is 0 Å². The maximum absolute atomic E-state index is 11.7. The summed E-state index contributed by atoms with van der Waals surface area (Å²) in [6, 6.07) is 19.6. The number of fused-ring (bicyclic) bond motifs is 1. The summed E-state index contributed by atoms with van der Waals surface area (Å²) in [5.41, 5.74) is 5.27. The number of benzene rings is 3. The molecule has 3 N–H and O–H groups in total. The second-order valence-electron chi connectivity index (χ2n) is 10.8. The molecule has 0 amide bonds. The molecule has 2 heterocycles. The quantitative estimate of drug-likeness (QED) is 0.206. The van der Waals surface area contributed by atoms with Crippen molar-refractivity contribution in [3.8, 4) is 34.1 Å². The zero-order valence-electron chi connectivity index (χ0n) is 24.6. The summed E-state index contributed by atoms with van der Waals surface area (Å²) < 4.78 is 24.0. The zero-order valence-corrected chi connectivity index (χ0v) is 24.6. The van der Waals surface area contributed by atoms with Crippen molar-refractivity contribution in [1.82, 2.24) is 10.3 Å². The van der Waals surface area contributed by atoms with Crippen LogP contribution >= 0.6 is 0 Å². The molecule has 9 heteroatoms. The Morgan fingerprint density at radius 1 is 0.953 bits per heavy atom. The van der Waals surface area contributed by atoms with Crippen molar-refractivity contribution in [3.63, 3.8) is 0 Å². The van der Waals surface area contributed by atoms with Crippen molar-refractivity contribution >= 4 is 5.97 Å². The first-order chi connectivity index (χ1) is 20.8. The molecule has 0 radical (unpaired) electrons. The van der Waals surface area contributed by atoms with Gasteiger partial charge in [0.2, 0.25) is 0 Å². The standard InChI is InChI=1S/C34H36N2O7/c1-22-14-27(18-36-34(3,21-37)33(38)39)31(42-19-24-6-5-11-35-17-24)16-30(22)43-20-26-7-4-8-28(23(26)2)25-9-10-29-32(15-25)41-13-12-40-29/h4-11,14-17,36-37H,12-13,18-21H2,1-3H3,(H,38,39). The molecule has 1 aliphatic heterocycles. The number of ether oxygens (including phenoxy) is 4. The number of rotatable bonds is 12. The molecule has 0 fully saturated rings. The van der Waals surface area contributed by atoms with E-state index >= 15 is 0 Å². The number of carboxylic acid groups (broad SMARTS) is 1. The molecule has 1 unspecified atom stereocenters. The number of nitrogens with one attached hydrogen (secondary N) is 1. The SMILES string of the molecule is Cc1cc(CNC(C)(CO)C(=O)O)c(OCc2cccnc2)cc1OCc1cccc(-c2ccc3c(c2)OCCO3)c1C. The van der Waals surface area contributed by atoms with E-state index in [1.165, 1.54) is 6.92 Å². The van der Waals surface area contributed by atoms with E-state index in [-0.39, 0.29) is 13.2 Å². The fourth-order valence-corrected chi connectivity index (χ4v) is 4.81. The molecule has 224 valence electrons. The van der Waals surface area contributed by atoms with E-state index in [9.17, 15) is 15.0 Å². The van der Waals surface area contributed by atoms with Crippen molar-refractivity contribution in [2.45, 2.75) is 46.1 Å². The van der Waals surface area contributed by atoms with Gasteiger partial charge in [0.05, 0.1) is 6.61 Å². The average Bonchev–Trinajstić information content (AvgIpc) is 3.03. The molecule has 0 saturated heterocycles. The van der Waals surface area contributed by atoms with Gasteiger partial charge < -0.3 is 29.2 Å². The Kier molecular flexibility index (Phi) is 9.13. The van der Waals surface area contributed by atoms with Gasteiger partial charge in [0.1, 0.15) is 43.5 Å². The van der Waals surface area contributed by atoms with Crippen LogP contribution in [0.1, 0.15) is 34.7 Å². The molecule has 0 bridgehead atoms. The molecule has 0 saturated carbocycles. The Hall–Kier alpha value is -4.60. The van der Waals surface area contributed by atoms with Crippen molar-refractivity contribution in [2.75, 3.05) is 19.8 Å². The summed E-state index contributed by atoms with van der Waals surface area (Å²) in [4.78, 5) is 15.9. The van der Waals surface area contributed by atoms with Crippen LogP contribution < -0.4 is 24.3 Å². The summed E-state index contributed by atoms with van der Waals surface area (Å²) in [6.07, 6.45) is 3.43. The third-order valence-electron chi connectivity index (χ3n) is 7.61. The average molecular weight is 585 g/mol. The minimum atomic E-state index is -1.50. The van der Waals surface area contributed by atoms with Crippen LogP contribution in [0.2, 0.25) is 0 Å². The van der Waals surface area contributed by atoms with Gasteiger partial charge in [0.25, 0.3) is 0 Å². The van der Waals surface area contributed by atoms with Crippen molar-refractivity contribution in [2.24, 2.45) is 0 Å². The molecule has 0 spiro atoms. The van der Waals surface area contributed by atoms with E-state index in [0.29, 0.717) is 31.3 Å². The molecule has 1 atom stereocenters. The highest BCUT2D eigenvalue weighted by Gasteiger charge is 2.32. The Morgan fingerprint density at radius 2 is 1.74 bits per heavy atom. The number of aryl methyl sites for hydroxylation is 1. The van der Waals surface area contributed by atoms with E-state index in [1.807, 2.05) is 61.5 Å². The number of aliphatic carboxylic acids is 1. The van der Waals surface area contributed by atoms with Crippen molar-refractivity contribution in [3.05, 3.63) is 101 Å². The summed E-state index contributed by atoms with van der Waals surface area (Å²) >= 11 is 0. The maximum atomic E-state index is 11.7. The number of aliphatic hydroxyl groups is 1. The highest BCUT2D eigenvalue weighted by molar-refractivity contribution is 5.78. The lowest BCUT2D eigenvalue weighted by atomic mass is 9.96. The molecule has 1 aromatic heterocycles. The monoisotopic (exact) mass is 584 g/mol. The predicted octanol–water partition coefficient (Wildman–Crippen LogP) is 5.22. The summed E-state index contributed by atoms with van der Waals surface area (Å²) in [6.45, 7) is 6.77. The van der Waals surface area contributed by atoms with E-state index in [4.69, 9.17) is 18.9 Å². The van der Waals surface area contributed by atoms with Gasteiger partial charge in [-0.3, -0.25) is 15.1 Å². The number of aliphatic hydroxyl groups excluding tert-OH is 1. The molecular formula is C34H36N2O7. The Morgan fingerprint density at radius 3 is 2.49 bits per heavy atom. The Bertz CT molecular complexity index is 1590. The first-order valence-electron chi connectivity index (χ1n) is 14.1. The van der Waals surface area contributed by atoms with E-state index in [1.54, 1.807) is 12.4 Å². The normalized spacial score (nSPS) is 13.7. The first kappa shape index (κ1) is 29.9. The van der Waals surface area contributed by atoms with Crippen LogP contribution in [0.4, 0.5) is 0 Å². The lowest BCUT2D eigenvalue weighted by Gasteiger charge is -2.25. The van der Waals surface area contributed by atoms with Crippen molar-refractivity contribution < 1.29 is 34.0 Å². The van der Waals surface area contributed by atoms with Crippen molar-refractivity contribution in [1.29, 1.82) is 0 Å². The van der Waals surface area contributed by atoms with Crippen LogP contribution in [0.25, 0.3) is 11.1 Å². The molecule has 0 aliphatic carbocycles. The van der Waals surface area contributed by atoms with Gasteiger partial charge in [0, 0.05) is 36.1 Å². The van der Waals surface area contributed by atoms with Crippen LogP contribution in [0, 0.1) is 13.8 Å². The van der Waals surface area contributed by atoms with Crippen LogP contribution in [0.15, 0.2) is 73.1 Å². The number of aromatic nitrogens is 1. The second-order valence-corrected chi connectivity index (χ2v) is 10.8. The lowest BCUT2D eigenvalue weighted by Crippen LogP contribution is -2.52. The molecule has 43 heavy (non-hydrogen) atoms. The Labute approximate surface area is 251 Å². The second kappa shape index (κ2) is 13.1. The van der Waals surface area contributed by atoms with Crippen LogP contribution in [0.3, 0.4) is 0 Å². The molecule has 9 nitrogen and oxygen atoms in total. The predicted molar refractivity (Wildman–Crippen MR) is 162 cm³/mol. The molecule has 5 rings (SSSR count). The van der Waals surface area contributed by atoms with Gasteiger partial charge in [-0.1, -0.05) is 30.3 Å². The first-order valence-corrected chi connectivity index (χ1v) is 14.1. The highest BCUT2D eigenvalue weighted by atomic mass is 16.6. The highest BCUT2D eigenvalue weighted by Crippen LogP contribution is 2.37. The molecule has 1 aliphatic rings. The van der Waals surface area contributed by atoms with Crippen LogP contribution in [-0.4, -0.2) is 46.5 Å². The molecule has 3 aromatic carbocycles. The number of carboxylic acids is 1. The lowest BCUT2D eigenvalue weighted by molar-refractivity contribution is -0.145. The third kappa shape index (κ3) is 6.90. The van der Waals surface area contributed by atoms with Crippen LogP contribution in [0.5, 0.6) is 23.0 Å². The zero-order chi connectivity index (χ0) is 30.4. The van der Waals surface area contributed by atoms with E-state index < -0.39 is 18.1 Å². The number of hydrogen-bond donors (Lipinski definition) is 3. The number of hydrogen-bond acceptors (Lipinski definition) is 8. The number of nitrogens with zero attached hydrogens (tertiary/aromatic N) is 1. The van der Waals surface area contributed by atoms with Gasteiger partial charge >= 0.3 is 5.97 Å². The summed E-state index contributed by atoms with van der Waals surface area (Å²) in [7, 11) is 0. The van der Waals surface area contributed by atoms with Gasteiger partial charge in [-0.05, 0) is 72.9 Å².